The molecule has 0 aliphatic rings. The first-order valence-electron chi connectivity index (χ1n) is 6.81. The number of benzene rings is 1. The molecule has 0 unspecified atom stereocenters. The molecule has 1 aromatic carbocycles. The first kappa shape index (κ1) is 14.9. The normalized spacial score (nSPS) is 10.6. The molecule has 0 saturated carbocycles. The maximum Gasteiger partial charge on any atom is 0.124 e. The molecule has 0 amide bonds. The molecule has 0 spiro atoms. The van der Waals surface area contributed by atoms with Crippen LogP contribution in [0.2, 0.25) is 10.0 Å². The zero-order chi connectivity index (χ0) is 15.4. The summed E-state index contributed by atoms with van der Waals surface area (Å²) < 4.78 is 1.86. The number of aromatic nitrogens is 3. The molecule has 22 heavy (non-hydrogen) atoms. The van der Waals surface area contributed by atoms with E-state index in [1.165, 1.54) is 0 Å². The van der Waals surface area contributed by atoms with Crippen molar-refractivity contribution in [1.29, 1.82) is 0 Å². The number of halogens is 2. The van der Waals surface area contributed by atoms with Crippen molar-refractivity contribution in [2.45, 2.75) is 13.1 Å². The summed E-state index contributed by atoms with van der Waals surface area (Å²) in [5.41, 5.74) is 2.04. The summed E-state index contributed by atoms with van der Waals surface area (Å²) in [6.45, 7) is 1.24. The lowest BCUT2D eigenvalue weighted by atomic mass is 10.2. The second-order valence-electron chi connectivity index (χ2n) is 4.80. The predicted molar refractivity (Wildman–Crippen MR) is 89.4 cm³/mol. The van der Waals surface area contributed by atoms with Gasteiger partial charge < -0.3 is 5.32 Å². The third-order valence-corrected chi connectivity index (χ3v) is 4.12. The van der Waals surface area contributed by atoms with E-state index in [2.05, 4.69) is 15.4 Å². The molecule has 0 saturated heterocycles. The number of hydrogen-bond donors (Lipinski definition) is 1. The summed E-state index contributed by atoms with van der Waals surface area (Å²) in [4.78, 5) is 4.10. The molecule has 112 valence electrons. The number of nitrogens with zero attached hydrogens (tertiary/aromatic N) is 3. The van der Waals surface area contributed by atoms with Crippen molar-refractivity contribution in [3.05, 3.63) is 76.2 Å². The van der Waals surface area contributed by atoms with Gasteiger partial charge in [-0.05, 0) is 23.3 Å². The third-order valence-electron chi connectivity index (χ3n) is 3.26. The molecule has 4 nitrogen and oxygen atoms in total. The predicted octanol–water partition coefficient (Wildman–Crippen LogP) is 4.25. The van der Waals surface area contributed by atoms with Gasteiger partial charge in [-0.25, -0.2) is 4.68 Å². The SMILES string of the molecule is Clc1cccc(Cn2nccc2NCc2cccnc2)c1Cl. The monoisotopic (exact) mass is 332 g/mol. The summed E-state index contributed by atoms with van der Waals surface area (Å²) in [6, 6.07) is 11.5. The van der Waals surface area contributed by atoms with Crippen LogP contribution >= 0.6 is 23.2 Å². The average Bonchev–Trinajstić information content (AvgIpc) is 2.98. The summed E-state index contributed by atoms with van der Waals surface area (Å²) in [7, 11) is 0. The van der Waals surface area contributed by atoms with Crippen LogP contribution in [0.25, 0.3) is 0 Å². The first-order valence-corrected chi connectivity index (χ1v) is 7.57. The molecule has 1 N–H and O–H groups in total. The van der Waals surface area contributed by atoms with E-state index in [0.29, 0.717) is 23.1 Å². The summed E-state index contributed by atoms with van der Waals surface area (Å²) in [6.07, 6.45) is 5.35. The van der Waals surface area contributed by atoms with Gasteiger partial charge in [0.05, 0.1) is 22.8 Å². The van der Waals surface area contributed by atoms with Crippen LogP contribution in [0.4, 0.5) is 5.82 Å². The minimum atomic E-state index is 0.552. The van der Waals surface area contributed by atoms with Crippen molar-refractivity contribution in [3.8, 4) is 0 Å². The fraction of sp³-hybridized carbons (Fsp3) is 0.125. The van der Waals surface area contributed by atoms with Crippen LogP contribution < -0.4 is 5.32 Å². The molecule has 0 atom stereocenters. The van der Waals surface area contributed by atoms with E-state index in [-0.39, 0.29) is 0 Å². The lowest BCUT2D eigenvalue weighted by Crippen LogP contribution is -2.09. The Labute approximate surface area is 138 Å². The van der Waals surface area contributed by atoms with Gasteiger partial charge in [0.15, 0.2) is 0 Å². The molecule has 0 aliphatic carbocycles. The quantitative estimate of drug-likeness (QED) is 0.759. The Morgan fingerprint density at radius 2 is 1.95 bits per heavy atom. The van der Waals surface area contributed by atoms with E-state index in [1.807, 2.05) is 41.2 Å². The van der Waals surface area contributed by atoms with Crippen LogP contribution in [0.5, 0.6) is 0 Å². The molecule has 0 bridgehead atoms. The molecule has 2 aromatic heterocycles. The highest BCUT2D eigenvalue weighted by atomic mass is 35.5. The van der Waals surface area contributed by atoms with Crippen LogP contribution in [0, 0.1) is 0 Å². The second-order valence-corrected chi connectivity index (χ2v) is 5.59. The van der Waals surface area contributed by atoms with Crippen LogP contribution in [0.15, 0.2) is 55.0 Å². The maximum atomic E-state index is 6.23. The van der Waals surface area contributed by atoms with E-state index in [0.717, 1.165) is 16.9 Å². The average molecular weight is 333 g/mol. The van der Waals surface area contributed by atoms with Gasteiger partial charge >= 0.3 is 0 Å². The Morgan fingerprint density at radius 3 is 2.77 bits per heavy atom. The minimum Gasteiger partial charge on any atom is -0.366 e. The van der Waals surface area contributed by atoms with E-state index in [9.17, 15) is 0 Å². The number of pyridine rings is 1. The van der Waals surface area contributed by atoms with E-state index in [1.54, 1.807) is 18.5 Å². The van der Waals surface area contributed by atoms with Crippen molar-refractivity contribution >= 4 is 29.0 Å². The van der Waals surface area contributed by atoms with Crippen molar-refractivity contribution in [3.63, 3.8) is 0 Å². The van der Waals surface area contributed by atoms with Gasteiger partial charge in [-0.2, -0.15) is 5.10 Å². The molecule has 6 heteroatoms. The molecular weight excluding hydrogens is 319 g/mol. The Morgan fingerprint density at radius 1 is 1.05 bits per heavy atom. The lowest BCUT2D eigenvalue weighted by Gasteiger charge is -2.11. The zero-order valence-electron chi connectivity index (χ0n) is 11.7. The van der Waals surface area contributed by atoms with E-state index >= 15 is 0 Å². The van der Waals surface area contributed by atoms with Gasteiger partial charge in [-0.1, -0.05) is 41.4 Å². The van der Waals surface area contributed by atoms with Crippen molar-refractivity contribution in [2.24, 2.45) is 0 Å². The molecule has 3 aromatic rings. The van der Waals surface area contributed by atoms with Gasteiger partial charge in [0.1, 0.15) is 5.82 Å². The smallest absolute Gasteiger partial charge is 0.124 e. The summed E-state index contributed by atoms with van der Waals surface area (Å²) in [5, 5.41) is 8.80. The summed E-state index contributed by atoms with van der Waals surface area (Å²) >= 11 is 12.3. The van der Waals surface area contributed by atoms with Crippen molar-refractivity contribution < 1.29 is 0 Å². The number of rotatable bonds is 5. The minimum absolute atomic E-state index is 0.552. The molecular formula is C16H14Cl2N4. The van der Waals surface area contributed by atoms with Gasteiger partial charge in [0, 0.05) is 25.0 Å². The van der Waals surface area contributed by atoms with Gasteiger partial charge in [-0.3, -0.25) is 4.98 Å². The number of anilines is 1. The van der Waals surface area contributed by atoms with Crippen LogP contribution in [-0.4, -0.2) is 14.8 Å². The van der Waals surface area contributed by atoms with Crippen LogP contribution in [0.1, 0.15) is 11.1 Å². The van der Waals surface area contributed by atoms with Crippen LogP contribution in [0.3, 0.4) is 0 Å². The highest BCUT2D eigenvalue weighted by Gasteiger charge is 2.08. The first-order chi connectivity index (χ1) is 10.7. The fourth-order valence-corrected chi connectivity index (χ4v) is 2.52. The Hall–Kier alpha value is -2.04. The number of nitrogens with one attached hydrogen (secondary N) is 1. The van der Waals surface area contributed by atoms with Crippen molar-refractivity contribution in [2.75, 3.05) is 5.32 Å². The van der Waals surface area contributed by atoms with E-state index < -0.39 is 0 Å². The topological polar surface area (TPSA) is 42.7 Å². The molecule has 0 radical (unpaired) electrons. The second kappa shape index (κ2) is 6.81. The largest absolute Gasteiger partial charge is 0.366 e. The number of hydrogen-bond acceptors (Lipinski definition) is 3. The van der Waals surface area contributed by atoms with Gasteiger partial charge in [0.2, 0.25) is 0 Å². The maximum absolute atomic E-state index is 6.23. The van der Waals surface area contributed by atoms with Gasteiger partial charge in [-0.15, -0.1) is 0 Å². The molecule has 2 heterocycles. The van der Waals surface area contributed by atoms with Crippen molar-refractivity contribution in [1.82, 2.24) is 14.8 Å². The lowest BCUT2D eigenvalue weighted by molar-refractivity contribution is 0.690. The Kier molecular flexibility index (Phi) is 4.61. The molecule has 0 aliphatic heterocycles. The highest BCUT2D eigenvalue weighted by Crippen LogP contribution is 2.26. The van der Waals surface area contributed by atoms with Gasteiger partial charge in [0.25, 0.3) is 0 Å². The summed E-state index contributed by atoms with van der Waals surface area (Å²) in [5.74, 6) is 0.917. The highest BCUT2D eigenvalue weighted by molar-refractivity contribution is 6.42. The fourth-order valence-electron chi connectivity index (χ4n) is 2.14. The van der Waals surface area contributed by atoms with Crippen LogP contribution in [-0.2, 0) is 13.1 Å². The zero-order valence-corrected chi connectivity index (χ0v) is 13.2. The Bertz CT molecular complexity index is 756. The third kappa shape index (κ3) is 3.40. The van der Waals surface area contributed by atoms with E-state index in [4.69, 9.17) is 23.2 Å². The standard InChI is InChI=1S/C16H14Cl2N4/c17-14-5-1-4-13(16(14)18)11-22-15(6-8-21-22)20-10-12-3-2-7-19-9-12/h1-9,20H,10-11H2. The Balaban J connectivity index is 1.73. The molecule has 0 fully saturated rings. The molecule has 3 rings (SSSR count).